The van der Waals surface area contributed by atoms with Gasteiger partial charge in [-0.15, -0.1) is 0 Å². The SMILES string of the molecule is O=[N+]([O-])c1ccc(OCc2cccc(COc3ccc([N+](=O)[O-])cc3[N+](=O)[O-])c2)c([N+](=O)[O-])c1. The molecule has 0 amide bonds. The number of hydrogen-bond donors (Lipinski definition) is 0. The van der Waals surface area contributed by atoms with Crippen molar-refractivity contribution in [2.24, 2.45) is 0 Å². The monoisotopic (exact) mass is 470 g/mol. The van der Waals surface area contributed by atoms with E-state index in [-0.39, 0.29) is 24.7 Å². The molecule has 14 nitrogen and oxygen atoms in total. The van der Waals surface area contributed by atoms with Gasteiger partial charge in [-0.1, -0.05) is 18.2 Å². The van der Waals surface area contributed by atoms with Crippen molar-refractivity contribution >= 4 is 22.7 Å². The summed E-state index contributed by atoms with van der Waals surface area (Å²) in [6, 6.07) is 12.7. The first-order valence-corrected chi connectivity index (χ1v) is 9.35. The maximum atomic E-state index is 11.2. The van der Waals surface area contributed by atoms with E-state index < -0.39 is 42.4 Å². The third-order valence-corrected chi connectivity index (χ3v) is 4.48. The fourth-order valence-electron chi connectivity index (χ4n) is 2.90. The minimum absolute atomic E-state index is 0.107. The lowest BCUT2D eigenvalue weighted by Gasteiger charge is -2.10. The third-order valence-electron chi connectivity index (χ3n) is 4.48. The number of nitro groups is 4. The molecule has 3 rings (SSSR count). The molecule has 0 aliphatic rings. The molecule has 34 heavy (non-hydrogen) atoms. The molecule has 0 spiro atoms. The lowest BCUT2D eigenvalue weighted by molar-refractivity contribution is -0.395. The van der Waals surface area contributed by atoms with Gasteiger partial charge < -0.3 is 9.47 Å². The zero-order valence-corrected chi connectivity index (χ0v) is 17.1. The van der Waals surface area contributed by atoms with Gasteiger partial charge in [-0.3, -0.25) is 40.5 Å². The van der Waals surface area contributed by atoms with Gasteiger partial charge in [0.05, 0.1) is 31.8 Å². The molecule has 0 radical (unpaired) electrons. The molecular formula is C20H14N4O10. The molecule has 3 aromatic rings. The van der Waals surface area contributed by atoms with Crippen molar-refractivity contribution in [3.05, 3.63) is 112 Å². The normalized spacial score (nSPS) is 10.4. The summed E-state index contributed by atoms with van der Waals surface area (Å²) in [6.07, 6.45) is 0. The number of nitrogens with zero attached hydrogens (tertiary/aromatic N) is 4. The van der Waals surface area contributed by atoms with Crippen LogP contribution in [0.25, 0.3) is 0 Å². The van der Waals surface area contributed by atoms with Crippen LogP contribution in [0.2, 0.25) is 0 Å². The standard InChI is InChI=1S/C20H14N4O10/c25-21(26)15-4-6-19(17(9-15)23(29)30)33-11-13-2-1-3-14(8-13)12-34-20-7-5-16(22(27)28)10-18(20)24(31)32/h1-10H,11-12H2. The Morgan fingerprint density at radius 1 is 0.559 bits per heavy atom. The van der Waals surface area contributed by atoms with E-state index >= 15 is 0 Å². The summed E-state index contributed by atoms with van der Waals surface area (Å²) >= 11 is 0. The van der Waals surface area contributed by atoms with Crippen LogP contribution in [0.4, 0.5) is 22.7 Å². The Morgan fingerprint density at radius 2 is 0.971 bits per heavy atom. The van der Waals surface area contributed by atoms with Crippen LogP contribution in [0.1, 0.15) is 11.1 Å². The van der Waals surface area contributed by atoms with E-state index in [9.17, 15) is 40.5 Å². The Balaban J connectivity index is 1.72. The molecule has 0 heterocycles. The fraction of sp³-hybridized carbons (Fsp3) is 0.100. The first-order valence-electron chi connectivity index (χ1n) is 9.35. The Labute approximate surface area is 189 Å². The van der Waals surface area contributed by atoms with Crippen molar-refractivity contribution in [2.45, 2.75) is 13.2 Å². The topological polar surface area (TPSA) is 191 Å². The molecule has 0 aromatic heterocycles. The highest BCUT2D eigenvalue weighted by molar-refractivity contribution is 5.54. The summed E-state index contributed by atoms with van der Waals surface area (Å²) < 4.78 is 10.9. The number of rotatable bonds is 10. The molecule has 0 fully saturated rings. The zero-order chi connectivity index (χ0) is 24.8. The highest BCUT2D eigenvalue weighted by Crippen LogP contribution is 2.33. The molecule has 0 bridgehead atoms. The lowest BCUT2D eigenvalue weighted by atomic mass is 10.1. The Bertz CT molecular complexity index is 1200. The van der Waals surface area contributed by atoms with Crippen LogP contribution in [-0.4, -0.2) is 19.7 Å². The molecule has 0 saturated carbocycles. The summed E-state index contributed by atoms with van der Waals surface area (Å²) in [7, 11) is 0. The van der Waals surface area contributed by atoms with Gasteiger partial charge in [-0.25, -0.2) is 0 Å². The maximum absolute atomic E-state index is 11.2. The summed E-state index contributed by atoms with van der Waals surface area (Å²) in [5, 5.41) is 44.1. The molecule has 0 aliphatic heterocycles. The van der Waals surface area contributed by atoms with E-state index in [1.54, 1.807) is 24.3 Å². The Morgan fingerprint density at radius 3 is 1.32 bits per heavy atom. The summed E-state index contributed by atoms with van der Waals surface area (Å²) in [5.41, 5.74) is -0.852. The quantitative estimate of drug-likeness (QED) is 0.301. The van der Waals surface area contributed by atoms with Crippen LogP contribution in [0.15, 0.2) is 60.7 Å². The summed E-state index contributed by atoms with van der Waals surface area (Å²) in [4.78, 5) is 41.0. The van der Waals surface area contributed by atoms with E-state index in [1.807, 2.05) is 0 Å². The van der Waals surface area contributed by atoms with E-state index in [2.05, 4.69) is 0 Å². The first kappa shape index (κ1) is 23.5. The Kier molecular flexibility index (Phi) is 6.91. The van der Waals surface area contributed by atoms with Crippen LogP contribution < -0.4 is 9.47 Å². The maximum Gasteiger partial charge on any atom is 0.317 e. The van der Waals surface area contributed by atoms with Crippen molar-refractivity contribution in [1.82, 2.24) is 0 Å². The van der Waals surface area contributed by atoms with Crippen LogP contribution >= 0.6 is 0 Å². The summed E-state index contributed by atoms with van der Waals surface area (Å²) in [5.74, 6) is -0.308. The van der Waals surface area contributed by atoms with E-state index in [1.165, 1.54) is 0 Å². The van der Waals surface area contributed by atoms with Gasteiger partial charge in [-0.05, 0) is 29.3 Å². The fourth-order valence-corrected chi connectivity index (χ4v) is 2.90. The summed E-state index contributed by atoms with van der Waals surface area (Å²) in [6.45, 7) is -0.214. The zero-order valence-electron chi connectivity index (χ0n) is 17.1. The molecule has 0 N–H and O–H groups in total. The molecule has 0 saturated heterocycles. The van der Waals surface area contributed by atoms with Gasteiger partial charge in [0.15, 0.2) is 11.5 Å². The minimum Gasteiger partial charge on any atom is -0.482 e. The van der Waals surface area contributed by atoms with E-state index in [0.717, 1.165) is 36.4 Å². The van der Waals surface area contributed by atoms with E-state index in [0.29, 0.717) is 11.1 Å². The van der Waals surface area contributed by atoms with E-state index in [4.69, 9.17) is 9.47 Å². The highest BCUT2D eigenvalue weighted by Gasteiger charge is 2.22. The number of benzene rings is 3. The lowest BCUT2D eigenvalue weighted by Crippen LogP contribution is -2.02. The minimum atomic E-state index is -0.788. The van der Waals surface area contributed by atoms with Gasteiger partial charge in [0.1, 0.15) is 13.2 Å². The van der Waals surface area contributed by atoms with Crippen molar-refractivity contribution < 1.29 is 29.2 Å². The van der Waals surface area contributed by atoms with Gasteiger partial charge in [0.25, 0.3) is 11.4 Å². The molecule has 0 aliphatic carbocycles. The molecule has 0 unspecified atom stereocenters. The molecular weight excluding hydrogens is 456 g/mol. The second-order valence-electron chi connectivity index (χ2n) is 6.73. The second kappa shape index (κ2) is 9.99. The third kappa shape index (κ3) is 5.56. The average molecular weight is 470 g/mol. The first-order chi connectivity index (χ1) is 16.2. The molecule has 14 heteroatoms. The van der Waals surface area contributed by atoms with Crippen molar-refractivity contribution in [3.8, 4) is 11.5 Å². The molecule has 0 atom stereocenters. The number of hydrogen-bond acceptors (Lipinski definition) is 10. The average Bonchev–Trinajstić information content (AvgIpc) is 2.81. The highest BCUT2D eigenvalue weighted by atomic mass is 16.6. The number of ether oxygens (including phenoxy) is 2. The number of non-ortho nitro benzene ring substituents is 2. The predicted molar refractivity (Wildman–Crippen MR) is 115 cm³/mol. The number of nitro benzene ring substituents is 4. The van der Waals surface area contributed by atoms with Gasteiger partial charge in [-0.2, -0.15) is 0 Å². The van der Waals surface area contributed by atoms with Crippen molar-refractivity contribution in [1.29, 1.82) is 0 Å². The predicted octanol–water partition coefficient (Wildman–Crippen LogP) is 4.48. The second-order valence-corrected chi connectivity index (χ2v) is 6.73. The molecule has 3 aromatic carbocycles. The van der Waals surface area contributed by atoms with Crippen LogP contribution in [0.5, 0.6) is 11.5 Å². The van der Waals surface area contributed by atoms with Crippen LogP contribution in [0.3, 0.4) is 0 Å². The largest absolute Gasteiger partial charge is 0.482 e. The van der Waals surface area contributed by atoms with Crippen LogP contribution in [-0.2, 0) is 13.2 Å². The van der Waals surface area contributed by atoms with Crippen LogP contribution in [0, 0.1) is 40.5 Å². The van der Waals surface area contributed by atoms with Crippen molar-refractivity contribution in [2.75, 3.05) is 0 Å². The van der Waals surface area contributed by atoms with Gasteiger partial charge >= 0.3 is 11.4 Å². The van der Waals surface area contributed by atoms with Gasteiger partial charge in [0.2, 0.25) is 0 Å². The Hall–Kier alpha value is -5.14. The van der Waals surface area contributed by atoms with Gasteiger partial charge in [0, 0.05) is 12.1 Å². The molecule has 174 valence electrons. The van der Waals surface area contributed by atoms with Crippen molar-refractivity contribution in [3.63, 3.8) is 0 Å². The smallest absolute Gasteiger partial charge is 0.317 e.